The van der Waals surface area contributed by atoms with Crippen LogP contribution in [0, 0.1) is 5.92 Å². The maximum atomic E-state index is 11.1. The minimum atomic E-state index is -0.759. The molecule has 0 saturated heterocycles. The molecular formula is C14H14N4O3. The molecular weight excluding hydrogens is 272 g/mol. The Balaban J connectivity index is 1.91. The van der Waals surface area contributed by atoms with Gasteiger partial charge in [0.25, 0.3) is 0 Å². The van der Waals surface area contributed by atoms with Gasteiger partial charge in [-0.2, -0.15) is 0 Å². The minimum Gasteiger partial charge on any atom is -0.481 e. The van der Waals surface area contributed by atoms with E-state index in [4.69, 9.17) is 9.84 Å². The van der Waals surface area contributed by atoms with E-state index in [1.54, 1.807) is 12.3 Å². The van der Waals surface area contributed by atoms with Crippen LogP contribution in [0.25, 0.3) is 11.5 Å². The van der Waals surface area contributed by atoms with Crippen LogP contribution in [0.2, 0.25) is 0 Å². The summed E-state index contributed by atoms with van der Waals surface area (Å²) in [5.74, 6) is -0.146. The van der Waals surface area contributed by atoms with Gasteiger partial charge in [0.1, 0.15) is 12.0 Å². The molecule has 2 aromatic heterocycles. The standard InChI is InChI=1S/C14H14N4O3/c1-21-12-5-11(16-7-17-12)13-15-6-9-4-8(14(19)20)2-3-10(9)18-13/h5-8H,2-4H2,1H3,(H,19,20). The second-order valence-corrected chi connectivity index (χ2v) is 4.89. The van der Waals surface area contributed by atoms with E-state index in [0.717, 1.165) is 11.3 Å². The number of aromatic nitrogens is 4. The fourth-order valence-electron chi connectivity index (χ4n) is 2.42. The van der Waals surface area contributed by atoms with Gasteiger partial charge in [-0.3, -0.25) is 4.79 Å². The van der Waals surface area contributed by atoms with E-state index in [-0.39, 0.29) is 5.92 Å². The van der Waals surface area contributed by atoms with Crippen LogP contribution in [0.4, 0.5) is 0 Å². The zero-order chi connectivity index (χ0) is 14.8. The first-order valence-corrected chi connectivity index (χ1v) is 6.61. The summed E-state index contributed by atoms with van der Waals surface area (Å²) in [6.07, 6.45) is 4.83. The van der Waals surface area contributed by atoms with Gasteiger partial charge in [-0.05, 0) is 24.8 Å². The van der Waals surface area contributed by atoms with Crippen LogP contribution in [0.15, 0.2) is 18.6 Å². The Labute approximate surface area is 121 Å². The molecule has 7 nitrogen and oxygen atoms in total. The van der Waals surface area contributed by atoms with E-state index in [0.29, 0.717) is 36.7 Å². The minimum absolute atomic E-state index is 0.342. The van der Waals surface area contributed by atoms with Crippen molar-refractivity contribution in [3.63, 3.8) is 0 Å². The third-order valence-electron chi connectivity index (χ3n) is 3.58. The number of hydrogen-bond acceptors (Lipinski definition) is 6. The number of fused-ring (bicyclic) bond motifs is 1. The molecule has 2 aromatic rings. The zero-order valence-corrected chi connectivity index (χ0v) is 11.5. The normalized spacial score (nSPS) is 17.1. The molecule has 0 amide bonds. The number of carbonyl (C=O) groups is 1. The molecule has 2 heterocycles. The molecule has 1 unspecified atom stereocenters. The summed E-state index contributed by atoms with van der Waals surface area (Å²) >= 11 is 0. The topological polar surface area (TPSA) is 98.1 Å². The molecule has 0 fully saturated rings. The summed E-state index contributed by atoms with van der Waals surface area (Å²) in [7, 11) is 1.53. The predicted octanol–water partition coefficient (Wildman–Crippen LogP) is 1.13. The number of aliphatic carboxylic acids is 1. The van der Waals surface area contributed by atoms with Crippen LogP contribution in [0.5, 0.6) is 5.88 Å². The average Bonchev–Trinajstić information content (AvgIpc) is 2.53. The van der Waals surface area contributed by atoms with Crippen molar-refractivity contribution in [1.82, 2.24) is 19.9 Å². The van der Waals surface area contributed by atoms with Gasteiger partial charge < -0.3 is 9.84 Å². The molecule has 1 atom stereocenters. The molecule has 7 heteroatoms. The van der Waals surface area contributed by atoms with E-state index in [9.17, 15) is 4.79 Å². The van der Waals surface area contributed by atoms with Gasteiger partial charge in [-0.1, -0.05) is 0 Å². The van der Waals surface area contributed by atoms with E-state index >= 15 is 0 Å². The van der Waals surface area contributed by atoms with Gasteiger partial charge in [0.2, 0.25) is 5.88 Å². The lowest BCUT2D eigenvalue weighted by atomic mass is 9.87. The van der Waals surface area contributed by atoms with Gasteiger partial charge in [0.05, 0.1) is 13.0 Å². The number of hydrogen-bond donors (Lipinski definition) is 1. The third-order valence-corrected chi connectivity index (χ3v) is 3.58. The Morgan fingerprint density at radius 2 is 2.24 bits per heavy atom. The first-order chi connectivity index (χ1) is 10.2. The lowest BCUT2D eigenvalue weighted by molar-refractivity contribution is -0.142. The summed E-state index contributed by atoms with van der Waals surface area (Å²) in [5.41, 5.74) is 2.39. The van der Waals surface area contributed by atoms with Gasteiger partial charge >= 0.3 is 5.97 Å². The van der Waals surface area contributed by atoms with Crippen molar-refractivity contribution < 1.29 is 14.6 Å². The molecule has 3 rings (SSSR count). The summed E-state index contributed by atoms with van der Waals surface area (Å²) in [6.45, 7) is 0. The van der Waals surface area contributed by atoms with Crippen molar-refractivity contribution >= 4 is 5.97 Å². The van der Waals surface area contributed by atoms with Gasteiger partial charge in [0.15, 0.2) is 5.82 Å². The lowest BCUT2D eigenvalue weighted by Gasteiger charge is -2.20. The lowest BCUT2D eigenvalue weighted by Crippen LogP contribution is -2.23. The molecule has 0 spiro atoms. The molecule has 0 bridgehead atoms. The molecule has 1 aliphatic carbocycles. The van der Waals surface area contributed by atoms with Gasteiger partial charge in [-0.25, -0.2) is 19.9 Å². The number of carboxylic acids is 1. The molecule has 0 radical (unpaired) electrons. The number of ether oxygens (including phenoxy) is 1. The highest BCUT2D eigenvalue weighted by Crippen LogP contribution is 2.26. The molecule has 108 valence electrons. The molecule has 21 heavy (non-hydrogen) atoms. The van der Waals surface area contributed by atoms with Crippen molar-refractivity contribution in [3.05, 3.63) is 29.8 Å². The van der Waals surface area contributed by atoms with Crippen LogP contribution in [-0.4, -0.2) is 38.1 Å². The highest BCUT2D eigenvalue weighted by Gasteiger charge is 2.25. The van der Waals surface area contributed by atoms with E-state index in [1.165, 1.54) is 13.4 Å². The average molecular weight is 286 g/mol. The van der Waals surface area contributed by atoms with E-state index in [1.807, 2.05) is 0 Å². The highest BCUT2D eigenvalue weighted by molar-refractivity contribution is 5.71. The fourth-order valence-corrected chi connectivity index (χ4v) is 2.42. The molecule has 1 aliphatic rings. The van der Waals surface area contributed by atoms with Crippen LogP contribution >= 0.6 is 0 Å². The second kappa shape index (κ2) is 5.43. The third kappa shape index (κ3) is 2.67. The van der Waals surface area contributed by atoms with Gasteiger partial charge in [0, 0.05) is 18.0 Å². The SMILES string of the molecule is COc1cc(-c2ncc3c(n2)CCC(C(=O)O)C3)ncn1. The number of aryl methyl sites for hydroxylation is 1. The molecule has 0 aliphatic heterocycles. The van der Waals surface area contributed by atoms with Crippen molar-refractivity contribution in [1.29, 1.82) is 0 Å². The first kappa shape index (κ1) is 13.4. The highest BCUT2D eigenvalue weighted by atomic mass is 16.5. The maximum Gasteiger partial charge on any atom is 0.306 e. The molecule has 1 N–H and O–H groups in total. The van der Waals surface area contributed by atoms with Crippen molar-refractivity contribution in [2.45, 2.75) is 19.3 Å². The van der Waals surface area contributed by atoms with Crippen molar-refractivity contribution in [3.8, 4) is 17.4 Å². The number of rotatable bonds is 3. The van der Waals surface area contributed by atoms with Crippen molar-refractivity contribution in [2.75, 3.05) is 7.11 Å². The van der Waals surface area contributed by atoms with E-state index in [2.05, 4.69) is 19.9 Å². The Kier molecular flexibility index (Phi) is 3.47. The Morgan fingerprint density at radius 3 is 3.00 bits per heavy atom. The monoisotopic (exact) mass is 286 g/mol. The second-order valence-electron chi connectivity index (χ2n) is 4.89. The van der Waals surface area contributed by atoms with Crippen LogP contribution < -0.4 is 4.74 Å². The zero-order valence-electron chi connectivity index (χ0n) is 11.5. The summed E-state index contributed by atoms with van der Waals surface area (Å²) in [6, 6.07) is 1.67. The summed E-state index contributed by atoms with van der Waals surface area (Å²) in [4.78, 5) is 27.9. The summed E-state index contributed by atoms with van der Waals surface area (Å²) in [5, 5.41) is 9.08. The largest absolute Gasteiger partial charge is 0.481 e. The number of carboxylic acid groups (broad SMARTS) is 1. The smallest absolute Gasteiger partial charge is 0.306 e. The Morgan fingerprint density at radius 1 is 1.38 bits per heavy atom. The number of nitrogens with zero attached hydrogens (tertiary/aromatic N) is 4. The first-order valence-electron chi connectivity index (χ1n) is 6.61. The quantitative estimate of drug-likeness (QED) is 0.903. The Bertz CT molecular complexity index is 690. The van der Waals surface area contributed by atoms with Crippen LogP contribution in [-0.2, 0) is 17.6 Å². The fraction of sp³-hybridized carbons (Fsp3) is 0.357. The van der Waals surface area contributed by atoms with Crippen molar-refractivity contribution in [2.24, 2.45) is 5.92 Å². The molecule has 0 saturated carbocycles. The van der Waals surface area contributed by atoms with Crippen LogP contribution in [0.1, 0.15) is 17.7 Å². The summed E-state index contributed by atoms with van der Waals surface area (Å²) < 4.78 is 5.06. The Hall–Kier alpha value is -2.57. The predicted molar refractivity (Wildman–Crippen MR) is 72.8 cm³/mol. The molecule has 0 aromatic carbocycles. The van der Waals surface area contributed by atoms with Gasteiger partial charge in [-0.15, -0.1) is 0 Å². The van der Waals surface area contributed by atoms with E-state index < -0.39 is 5.97 Å². The number of methoxy groups -OCH3 is 1. The maximum absolute atomic E-state index is 11.1. The van der Waals surface area contributed by atoms with Crippen LogP contribution in [0.3, 0.4) is 0 Å².